The highest BCUT2D eigenvalue weighted by Gasteiger charge is 2.17. The van der Waals surface area contributed by atoms with E-state index in [4.69, 9.17) is 4.74 Å². The van der Waals surface area contributed by atoms with E-state index in [1.165, 1.54) is 24.3 Å². The average molecular weight is 363 g/mol. The largest absolute Gasteiger partial charge is 0.452 e. The zero-order valence-corrected chi connectivity index (χ0v) is 14.4. The molecular formula is C19H19F2NO4. The number of rotatable bonds is 7. The van der Waals surface area contributed by atoms with E-state index < -0.39 is 25.1 Å². The van der Waals surface area contributed by atoms with Crippen LogP contribution in [0, 0.1) is 0 Å². The van der Waals surface area contributed by atoms with Crippen LogP contribution in [0.3, 0.4) is 0 Å². The number of hydrogen-bond acceptors (Lipinski definition) is 4. The lowest BCUT2D eigenvalue weighted by molar-refractivity contribution is -0.119. The summed E-state index contributed by atoms with van der Waals surface area (Å²) >= 11 is 0. The summed E-state index contributed by atoms with van der Waals surface area (Å²) in [6.07, 6.45) is 0. The molecule has 0 aliphatic heterocycles. The predicted molar refractivity (Wildman–Crippen MR) is 92.5 cm³/mol. The monoisotopic (exact) mass is 363 g/mol. The van der Waals surface area contributed by atoms with Crippen molar-refractivity contribution in [1.82, 2.24) is 0 Å². The number of nitrogens with one attached hydrogen (secondary N) is 1. The van der Waals surface area contributed by atoms with Gasteiger partial charge in [0, 0.05) is 5.69 Å². The van der Waals surface area contributed by atoms with Crippen LogP contribution in [0.25, 0.3) is 0 Å². The average Bonchev–Trinajstić information content (AvgIpc) is 2.60. The highest BCUT2D eigenvalue weighted by atomic mass is 19.3. The Labute approximate surface area is 149 Å². The second-order valence-corrected chi connectivity index (χ2v) is 5.78. The molecule has 2 aromatic carbocycles. The summed E-state index contributed by atoms with van der Waals surface area (Å²) in [4.78, 5) is 23.9. The molecule has 7 heteroatoms. The van der Waals surface area contributed by atoms with Gasteiger partial charge in [-0.3, -0.25) is 4.79 Å². The van der Waals surface area contributed by atoms with E-state index in [1.54, 1.807) is 12.1 Å². The number of amides is 1. The van der Waals surface area contributed by atoms with Crippen LogP contribution < -0.4 is 10.1 Å². The molecule has 2 aromatic rings. The molecule has 0 aliphatic rings. The van der Waals surface area contributed by atoms with Crippen molar-refractivity contribution in [2.45, 2.75) is 26.4 Å². The Morgan fingerprint density at radius 2 is 1.69 bits per heavy atom. The molecule has 0 spiro atoms. The van der Waals surface area contributed by atoms with Gasteiger partial charge in [-0.25, -0.2) is 4.79 Å². The van der Waals surface area contributed by atoms with Crippen molar-refractivity contribution in [2.75, 3.05) is 11.9 Å². The second kappa shape index (κ2) is 8.94. The van der Waals surface area contributed by atoms with Gasteiger partial charge in [0.15, 0.2) is 6.61 Å². The molecule has 0 unspecified atom stereocenters. The first-order chi connectivity index (χ1) is 12.4. The summed E-state index contributed by atoms with van der Waals surface area (Å²) in [5.41, 5.74) is 1.52. The van der Waals surface area contributed by atoms with E-state index in [0.717, 1.165) is 5.56 Å². The third-order valence-corrected chi connectivity index (χ3v) is 3.52. The minimum absolute atomic E-state index is 0.179. The quantitative estimate of drug-likeness (QED) is 0.749. The van der Waals surface area contributed by atoms with Crippen LogP contribution in [0.4, 0.5) is 14.5 Å². The smallest absolute Gasteiger partial charge is 0.387 e. The number of halogens is 2. The maximum Gasteiger partial charge on any atom is 0.387 e. The van der Waals surface area contributed by atoms with E-state index >= 15 is 0 Å². The Hall–Kier alpha value is -2.96. The molecule has 0 bridgehead atoms. The van der Waals surface area contributed by atoms with Crippen molar-refractivity contribution >= 4 is 17.6 Å². The molecule has 0 aromatic heterocycles. The number of benzene rings is 2. The molecule has 0 fully saturated rings. The number of esters is 1. The minimum atomic E-state index is -3.07. The van der Waals surface area contributed by atoms with Crippen molar-refractivity contribution in [2.24, 2.45) is 0 Å². The zero-order chi connectivity index (χ0) is 19.1. The van der Waals surface area contributed by atoms with Gasteiger partial charge >= 0.3 is 12.6 Å². The maximum absolute atomic E-state index is 12.4. The lowest BCUT2D eigenvalue weighted by Gasteiger charge is -2.11. The van der Waals surface area contributed by atoms with Crippen molar-refractivity contribution in [1.29, 1.82) is 0 Å². The molecular weight excluding hydrogens is 344 g/mol. The fourth-order valence-electron chi connectivity index (χ4n) is 2.19. The van der Waals surface area contributed by atoms with Gasteiger partial charge in [-0.15, -0.1) is 0 Å². The summed E-state index contributed by atoms with van der Waals surface area (Å²) in [5, 5.41) is 2.59. The summed E-state index contributed by atoms with van der Waals surface area (Å²) < 4.78 is 33.9. The van der Waals surface area contributed by atoms with E-state index in [2.05, 4.69) is 23.9 Å². The SMILES string of the molecule is CC(C)c1ccc(NC(=O)COC(=O)c2ccccc2OC(F)F)cc1. The molecule has 1 amide bonds. The van der Waals surface area contributed by atoms with Gasteiger partial charge in [-0.1, -0.05) is 38.1 Å². The molecule has 0 atom stereocenters. The Morgan fingerprint density at radius 1 is 1.04 bits per heavy atom. The van der Waals surface area contributed by atoms with Crippen LogP contribution in [-0.4, -0.2) is 25.1 Å². The molecule has 0 saturated carbocycles. The van der Waals surface area contributed by atoms with Crippen LogP contribution in [0.5, 0.6) is 5.75 Å². The molecule has 0 heterocycles. The van der Waals surface area contributed by atoms with E-state index in [0.29, 0.717) is 11.6 Å². The fraction of sp³-hybridized carbons (Fsp3) is 0.263. The van der Waals surface area contributed by atoms with Gasteiger partial charge in [0.05, 0.1) is 0 Å². The van der Waals surface area contributed by atoms with E-state index in [-0.39, 0.29) is 11.3 Å². The van der Waals surface area contributed by atoms with Crippen LogP contribution in [0.2, 0.25) is 0 Å². The Bertz CT molecular complexity index is 760. The lowest BCUT2D eigenvalue weighted by atomic mass is 10.0. The maximum atomic E-state index is 12.4. The van der Waals surface area contributed by atoms with Crippen molar-refractivity contribution < 1.29 is 27.8 Å². The first-order valence-electron chi connectivity index (χ1n) is 7.97. The Balaban J connectivity index is 1.92. The normalized spacial score (nSPS) is 10.7. The molecule has 2 rings (SSSR count). The standard InChI is InChI=1S/C19H19F2NO4/c1-12(2)13-7-9-14(10-8-13)22-17(23)11-25-18(24)15-5-3-4-6-16(15)26-19(20)21/h3-10,12,19H,11H2,1-2H3,(H,22,23). The highest BCUT2D eigenvalue weighted by molar-refractivity contribution is 5.96. The molecule has 0 radical (unpaired) electrons. The lowest BCUT2D eigenvalue weighted by Crippen LogP contribution is -2.21. The number of para-hydroxylation sites is 1. The van der Waals surface area contributed by atoms with Gasteiger partial charge in [-0.05, 0) is 35.7 Å². The van der Waals surface area contributed by atoms with Crippen LogP contribution in [-0.2, 0) is 9.53 Å². The summed E-state index contributed by atoms with van der Waals surface area (Å²) in [5.74, 6) is -1.40. The molecule has 26 heavy (non-hydrogen) atoms. The van der Waals surface area contributed by atoms with Gasteiger partial charge in [0.25, 0.3) is 5.91 Å². The molecule has 1 N–H and O–H groups in total. The van der Waals surface area contributed by atoms with Gasteiger partial charge in [0.2, 0.25) is 0 Å². The van der Waals surface area contributed by atoms with Gasteiger partial charge in [-0.2, -0.15) is 8.78 Å². The molecule has 0 saturated heterocycles. The molecule has 138 valence electrons. The Morgan fingerprint density at radius 3 is 2.31 bits per heavy atom. The third-order valence-electron chi connectivity index (χ3n) is 3.52. The topological polar surface area (TPSA) is 64.6 Å². The summed E-state index contributed by atoms with van der Waals surface area (Å²) in [7, 11) is 0. The van der Waals surface area contributed by atoms with Crippen LogP contribution in [0.15, 0.2) is 48.5 Å². The van der Waals surface area contributed by atoms with Crippen LogP contribution in [0.1, 0.15) is 35.7 Å². The number of carbonyl (C=O) groups excluding carboxylic acids is 2. The van der Waals surface area contributed by atoms with Crippen molar-refractivity contribution in [3.8, 4) is 5.75 Å². The van der Waals surface area contributed by atoms with Crippen molar-refractivity contribution in [3.63, 3.8) is 0 Å². The minimum Gasteiger partial charge on any atom is -0.452 e. The van der Waals surface area contributed by atoms with E-state index in [1.807, 2.05) is 12.1 Å². The van der Waals surface area contributed by atoms with E-state index in [9.17, 15) is 18.4 Å². The zero-order valence-electron chi connectivity index (χ0n) is 14.4. The molecule has 5 nitrogen and oxygen atoms in total. The van der Waals surface area contributed by atoms with Gasteiger partial charge in [0.1, 0.15) is 11.3 Å². The first kappa shape index (κ1) is 19.4. The third kappa shape index (κ3) is 5.54. The predicted octanol–water partition coefficient (Wildman–Crippen LogP) is 4.21. The first-order valence-corrected chi connectivity index (χ1v) is 7.97. The number of alkyl halides is 2. The van der Waals surface area contributed by atoms with Gasteiger partial charge < -0.3 is 14.8 Å². The number of hydrogen-bond donors (Lipinski definition) is 1. The summed E-state index contributed by atoms with van der Waals surface area (Å²) in [6, 6.07) is 12.7. The van der Waals surface area contributed by atoms with Crippen LogP contribution >= 0.6 is 0 Å². The number of ether oxygens (including phenoxy) is 2. The second-order valence-electron chi connectivity index (χ2n) is 5.78. The molecule has 0 aliphatic carbocycles. The fourth-order valence-corrected chi connectivity index (χ4v) is 2.19. The number of anilines is 1. The Kier molecular flexibility index (Phi) is 6.66. The van der Waals surface area contributed by atoms with Crippen molar-refractivity contribution in [3.05, 3.63) is 59.7 Å². The number of carbonyl (C=O) groups is 2. The highest BCUT2D eigenvalue weighted by Crippen LogP contribution is 2.21. The summed E-state index contributed by atoms with van der Waals surface area (Å²) in [6.45, 7) is 0.500.